The molecule has 140 valence electrons. The number of halogens is 1. The Bertz CT molecular complexity index is 1030. The molecule has 0 amide bonds. The van der Waals surface area contributed by atoms with Crippen molar-refractivity contribution in [3.63, 3.8) is 0 Å². The summed E-state index contributed by atoms with van der Waals surface area (Å²) in [6.07, 6.45) is 1.45. The van der Waals surface area contributed by atoms with Crippen LogP contribution in [0, 0.1) is 19.7 Å². The molecule has 1 heterocycles. The fraction of sp³-hybridized carbons (Fsp3) is 0.150. The number of anilines is 2. The van der Waals surface area contributed by atoms with Crippen molar-refractivity contribution in [1.82, 2.24) is 4.98 Å². The minimum absolute atomic E-state index is 0.212. The molecule has 2 N–H and O–H groups in total. The number of sulfonamides is 1. The summed E-state index contributed by atoms with van der Waals surface area (Å²) in [6.45, 7) is 4.29. The molecule has 0 bridgehead atoms. The lowest BCUT2D eigenvalue weighted by Crippen LogP contribution is -2.13. The lowest BCUT2D eigenvalue weighted by Gasteiger charge is -2.10. The van der Waals surface area contributed by atoms with Gasteiger partial charge < -0.3 is 5.32 Å². The number of aryl methyl sites for hydroxylation is 2. The predicted molar refractivity (Wildman–Crippen MR) is 105 cm³/mol. The molecule has 5 nitrogen and oxygen atoms in total. The van der Waals surface area contributed by atoms with Crippen LogP contribution in [0.25, 0.3) is 0 Å². The number of pyridine rings is 1. The average molecular weight is 385 g/mol. The van der Waals surface area contributed by atoms with Crippen LogP contribution in [-0.4, -0.2) is 13.4 Å². The normalized spacial score (nSPS) is 11.2. The van der Waals surface area contributed by atoms with Crippen molar-refractivity contribution in [3.05, 3.63) is 83.3 Å². The van der Waals surface area contributed by atoms with Crippen molar-refractivity contribution in [2.24, 2.45) is 0 Å². The van der Waals surface area contributed by atoms with Gasteiger partial charge >= 0.3 is 0 Å². The minimum Gasteiger partial charge on any atom is -0.366 e. The molecule has 7 heteroatoms. The Morgan fingerprint density at radius 2 is 1.70 bits per heavy atom. The van der Waals surface area contributed by atoms with E-state index in [2.05, 4.69) is 15.0 Å². The molecule has 3 rings (SSSR count). The second-order valence-electron chi connectivity index (χ2n) is 6.26. The Balaban J connectivity index is 1.66. The van der Waals surface area contributed by atoms with Crippen LogP contribution < -0.4 is 10.0 Å². The van der Waals surface area contributed by atoms with E-state index in [1.54, 1.807) is 42.5 Å². The van der Waals surface area contributed by atoms with Crippen LogP contribution in [0.15, 0.2) is 65.7 Å². The number of hydrogen-bond acceptors (Lipinski definition) is 4. The number of hydrogen-bond donors (Lipinski definition) is 2. The smallest absolute Gasteiger partial charge is 0.261 e. The van der Waals surface area contributed by atoms with Gasteiger partial charge in [-0.25, -0.2) is 17.8 Å². The summed E-state index contributed by atoms with van der Waals surface area (Å²) in [6, 6.07) is 14.5. The van der Waals surface area contributed by atoms with Gasteiger partial charge in [-0.3, -0.25) is 4.72 Å². The van der Waals surface area contributed by atoms with Gasteiger partial charge in [-0.15, -0.1) is 0 Å². The van der Waals surface area contributed by atoms with Crippen LogP contribution >= 0.6 is 0 Å². The van der Waals surface area contributed by atoms with Crippen LogP contribution in [-0.2, 0) is 16.6 Å². The van der Waals surface area contributed by atoms with Gasteiger partial charge in [0.05, 0.1) is 16.8 Å². The van der Waals surface area contributed by atoms with E-state index in [1.165, 1.54) is 18.3 Å². The molecule has 0 aliphatic carbocycles. The zero-order valence-electron chi connectivity index (χ0n) is 15.0. The molecule has 27 heavy (non-hydrogen) atoms. The Kier molecular flexibility index (Phi) is 5.41. The van der Waals surface area contributed by atoms with Crippen molar-refractivity contribution in [3.8, 4) is 0 Å². The van der Waals surface area contributed by atoms with Crippen molar-refractivity contribution in [1.29, 1.82) is 0 Å². The first-order chi connectivity index (χ1) is 12.8. The summed E-state index contributed by atoms with van der Waals surface area (Å²) >= 11 is 0. The molecule has 0 atom stereocenters. The molecular weight excluding hydrogens is 365 g/mol. The summed E-state index contributed by atoms with van der Waals surface area (Å²) in [5.74, 6) is 0.311. The molecule has 0 spiro atoms. The highest BCUT2D eigenvalue weighted by Crippen LogP contribution is 2.19. The third-order valence-electron chi connectivity index (χ3n) is 4.19. The molecule has 0 saturated heterocycles. The lowest BCUT2D eigenvalue weighted by atomic mass is 10.1. The van der Waals surface area contributed by atoms with Gasteiger partial charge in [0.25, 0.3) is 10.0 Å². The number of nitrogens with zero attached hydrogens (tertiary/aromatic N) is 1. The van der Waals surface area contributed by atoms with E-state index in [9.17, 15) is 12.8 Å². The minimum atomic E-state index is -3.67. The van der Waals surface area contributed by atoms with E-state index < -0.39 is 10.0 Å². The highest BCUT2D eigenvalue weighted by molar-refractivity contribution is 7.92. The van der Waals surface area contributed by atoms with Gasteiger partial charge in [0.15, 0.2) is 0 Å². The van der Waals surface area contributed by atoms with E-state index in [0.717, 1.165) is 16.7 Å². The van der Waals surface area contributed by atoms with Crippen LogP contribution in [0.2, 0.25) is 0 Å². The number of benzene rings is 2. The van der Waals surface area contributed by atoms with Crippen molar-refractivity contribution >= 4 is 21.5 Å². The molecule has 0 aliphatic rings. The van der Waals surface area contributed by atoms with Gasteiger partial charge in [0, 0.05) is 6.54 Å². The van der Waals surface area contributed by atoms with Crippen molar-refractivity contribution < 1.29 is 12.8 Å². The molecule has 2 aromatic carbocycles. The third-order valence-corrected chi connectivity index (χ3v) is 5.57. The first kappa shape index (κ1) is 18.8. The third kappa shape index (κ3) is 4.83. The molecule has 0 radical (unpaired) electrons. The zero-order chi connectivity index (χ0) is 19.4. The molecular formula is C20H20FN3O2S. The maximum Gasteiger partial charge on any atom is 0.261 e. The summed E-state index contributed by atoms with van der Waals surface area (Å²) in [5.41, 5.74) is 3.24. The Morgan fingerprint density at radius 1 is 0.963 bits per heavy atom. The lowest BCUT2D eigenvalue weighted by molar-refractivity contribution is 0.601. The fourth-order valence-electron chi connectivity index (χ4n) is 2.45. The average Bonchev–Trinajstić information content (AvgIpc) is 2.64. The van der Waals surface area contributed by atoms with Crippen LogP contribution in [0.5, 0.6) is 0 Å². The number of nitrogens with one attached hydrogen (secondary N) is 2. The number of rotatable bonds is 6. The fourth-order valence-corrected chi connectivity index (χ4v) is 3.58. The predicted octanol–water partition coefficient (Wildman–Crippen LogP) is 4.25. The van der Waals surface area contributed by atoms with Crippen LogP contribution in [0.3, 0.4) is 0 Å². The van der Waals surface area contributed by atoms with Crippen LogP contribution in [0.1, 0.15) is 16.7 Å². The van der Waals surface area contributed by atoms with Crippen molar-refractivity contribution in [2.75, 3.05) is 10.0 Å². The zero-order valence-corrected chi connectivity index (χ0v) is 15.8. The van der Waals surface area contributed by atoms with Gasteiger partial charge in [0.1, 0.15) is 11.6 Å². The highest BCUT2D eigenvalue weighted by atomic mass is 32.2. The monoisotopic (exact) mass is 385 g/mol. The Morgan fingerprint density at radius 3 is 2.33 bits per heavy atom. The molecule has 0 saturated carbocycles. The maximum absolute atomic E-state index is 12.9. The van der Waals surface area contributed by atoms with E-state index in [4.69, 9.17) is 0 Å². The second-order valence-corrected chi connectivity index (χ2v) is 7.95. The first-order valence-electron chi connectivity index (χ1n) is 8.38. The topological polar surface area (TPSA) is 71.1 Å². The van der Waals surface area contributed by atoms with E-state index in [-0.39, 0.29) is 10.7 Å². The Labute approximate surface area is 158 Å². The largest absolute Gasteiger partial charge is 0.366 e. The summed E-state index contributed by atoms with van der Waals surface area (Å²) in [5, 5.41) is 3.11. The maximum atomic E-state index is 12.9. The Hall–Kier alpha value is -2.93. The van der Waals surface area contributed by atoms with Gasteiger partial charge in [-0.1, -0.05) is 18.2 Å². The SMILES string of the molecule is Cc1ccc(S(=O)(=O)Nc2ccc(NCc3ccc(F)cc3)nc2)cc1C. The van der Waals surface area contributed by atoms with E-state index >= 15 is 0 Å². The van der Waals surface area contributed by atoms with Gasteiger partial charge in [-0.05, 0) is 66.9 Å². The standard InChI is InChI=1S/C20H20FN3O2S/c1-14-3-9-19(11-15(14)2)27(25,26)24-18-8-10-20(23-13-18)22-12-16-4-6-17(21)7-5-16/h3-11,13,24H,12H2,1-2H3,(H,22,23). The highest BCUT2D eigenvalue weighted by Gasteiger charge is 2.15. The van der Waals surface area contributed by atoms with Crippen LogP contribution in [0.4, 0.5) is 15.9 Å². The summed E-state index contributed by atoms with van der Waals surface area (Å²) in [4.78, 5) is 4.42. The molecule has 3 aromatic rings. The van der Waals surface area contributed by atoms with Gasteiger partial charge in [0.2, 0.25) is 0 Å². The van der Waals surface area contributed by atoms with Crippen molar-refractivity contribution in [2.45, 2.75) is 25.3 Å². The summed E-state index contributed by atoms with van der Waals surface area (Å²) in [7, 11) is -3.67. The number of aromatic nitrogens is 1. The molecule has 0 fully saturated rings. The molecule has 0 unspecified atom stereocenters. The quantitative estimate of drug-likeness (QED) is 0.665. The van der Waals surface area contributed by atoms with Gasteiger partial charge in [-0.2, -0.15) is 0 Å². The summed E-state index contributed by atoms with van der Waals surface area (Å²) < 4.78 is 40.4. The molecule has 0 aliphatic heterocycles. The van der Waals surface area contributed by atoms with E-state index in [1.807, 2.05) is 13.8 Å². The van der Waals surface area contributed by atoms with E-state index in [0.29, 0.717) is 18.1 Å². The second kappa shape index (κ2) is 7.75. The molecule has 1 aromatic heterocycles. The first-order valence-corrected chi connectivity index (χ1v) is 9.86.